The van der Waals surface area contributed by atoms with Gasteiger partial charge in [0, 0.05) is 23.7 Å². The van der Waals surface area contributed by atoms with Crippen molar-refractivity contribution in [2.24, 2.45) is 0 Å². The van der Waals surface area contributed by atoms with Gasteiger partial charge in [-0.2, -0.15) is 0 Å². The Balaban J connectivity index is 2.14. The second-order valence-electron chi connectivity index (χ2n) is 4.89. The van der Waals surface area contributed by atoms with Gasteiger partial charge >= 0.3 is 0 Å². The van der Waals surface area contributed by atoms with E-state index in [0.29, 0.717) is 12.2 Å². The number of rotatable bonds is 3. The number of fused-ring (bicyclic) bond motifs is 1. The van der Waals surface area contributed by atoms with Crippen LogP contribution in [0.5, 0.6) is 11.5 Å². The first kappa shape index (κ1) is 13.2. The summed E-state index contributed by atoms with van der Waals surface area (Å²) in [7, 11) is 1.54. The lowest BCUT2D eigenvalue weighted by molar-refractivity contribution is 0.376. The standard InChI is InChI=1S/C17H16N2O2/c1-21-15-6-5-12-7-8-19-14(16(12)17(15)20)10-11-3-2-4-13(18)9-11/h2-9,20H,10,18H2,1H3. The van der Waals surface area contributed by atoms with E-state index in [9.17, 15) is 5.11 Å². The third-order valence-electron chi connectivity index (χ3n) is 3.49. The van der Waals surface area contributed by atoms with Gasteiger partial charge in [-0.1, -0.05) is 18.2 Å². The van der Waals surface area contributed by atoms with Crippen LogP contribution in [-0.2, 0) is 6.42 Å². The molecule has 3 aromatic rings. The van der Waals surface area contributed by atoms with Crippen LogP contribution in [-0.4, -0.2) is 17.2 Å². The number of phenolic OH excluding ortho intramolecular Hbond substituents is 1. The molecule has 0 aliphatic carbocycles. The van der Waals surface area contributed by atoms with Crippen molar-refractivity contribution in [2.45, 2.75) is 6.42 Å². The third-order valence-corrected chi connectivity index (χ3v) is 3.49. The van der Waals surface area contributed by atoms with E-state index in [2.05, 4.69) is 4.98 Å². The Morgan fingerprint density at radius 2 is 2.05 bits per heavy atom. The number of nitrogens with zero attached hydrogens (tertiary/aromatic N) is 1. The van der Waals surface area contributed by atoms with Gasteiger partial charge in [-0.3, -0.25) is 4.98 Å². The molecule has 4 nitrogen and oxygen atoms in total. The summed E-state index contributed by atoms with van der Waals surface area (Å²) in [5.74, 6) is 0.575. The highest BCUT2D eigenvalue weighted by Gasteiger charge is 2.12. The molecule has 0 spiro atoms. The SMILES string of the molecule is COc1ccc2ccnc(Cc3cccc(N)c3)c2c1O. The first-order valence-corrected chi connectivity index (χ1v) is 6.67. The van der Waals surface area contributed by atoms with Crippen molar-refractivity contribution in [3.63, 3.8) is 0 Å². The van der Waals surface area contributed by atoms with Crippen LogP contribution in [0.3, 0.4) is 0 Å². The van der Waals surface area contributed by atoms with Gasteiger partial charge in [0.15, 0.2) is 11.5 Å². The summed E-state index contributed by atoms with van der Waals surface area (Å²) in [4.78, 5) is 4.41. The average molecular weight is 280 g/mol. The minimum absolute atomic E-state index is 0.127. The molecule has 1 heterocycles. The zero-order valence-electron chi connectivity index (χ0n) is 11.7. The number of anilines is 1. The van der Waals surface area contributed by atoms with E-state index in [1.54, 1.807) is 12.3 Å². The summed E-state index contributed by atoms with van der Waals surface area (Å²) in [5, 5.41) is 12.0. The highest BCUT2D eigenvalue weighted by atomic mass is 16.5. The average Bonchev–Trinajstić information content (AvgIpc) is 2.48. The minimum Gasteiger partial charge on any atom is -0.504 e. The molecule has 0 saturated heterocycles. The van der Waals surface area contributed by atoms with Crippen LogP contribution in [0.2, 0.25) is 0 Å². The number of aromatic hydroxyl groups is 1. The fraction of sp³-hybridized carbons (Fsp3) is 0.118. The van der Waals surface area contributed by atoms with Crippen molar-refractivity contribution in [1.29, 1.82) is 0 Å². The van der Waals surface area contributed by atoms with Gasteiger partial charge < -0.3 is 15.6 Å². The first-order valence-electron chi connectivity index (χ1n) is 6.67. The number of nitrogens with two attached hydrogens (primary N) is 1. The number of aromatic nitrogens is 1. The normalized spacial score (nSPS) is 10.7. The predicted octanol–water partition coefficient (Wildman–Crippen LogP) is 3.12. The van der Waals surface area contributed by atoms with Crippen LogP contribution < -0.4 is 10.5 Å². The summed E-state index contributed by atoms with van der Waals surface area (Å²) >= 11 is 0. The number of methoxy groups -OCH3 is 1. The molecule has 0 fully saturated rings. The highest BCUT2D eigenvalue weighted by molar-refractivity contribution is 5.92. The topological polar surface area (TPSA) is 68.4 Å². The quantitative estimate of drug-likeness (QED) is 0.723. The number of hydrogen-bond donors (Lipinski definition) is 2. The number of pyridine rings is 1. The van der Waals surface area contributed by atoms with E-state index < -0.39 is 0 Å². The zero-order valence-corrected chi connectivity index (χ0v) is 11.7. The molecule has 3 N–H and O–H groups in total. The minimum atomic E-state index is 0.127. The Hall–Kier alpha value is -2.75. The van der Waals surface area contributed by atoms with Crippen molar-refractivity contribution in [1.82, 2.24) is 4.98 Å². The van der Waals surface area contributed by atoms with E-state index in [4.69, 9.17) is 10.5 Å². The predicted molar refractivity (Wildman–Crippen MR) is 83.6 cm³/mol. The third kappa shape index (κ3) is 2.48. The van der Waals surface area contributed by atoms with Crippen LogP contribution in [0.15, 0.2) is 48.7 Å². The molecule has 106 valence electrons. The summed E-state index contributed by atoms with van der Waals surface area (Å²) in [6, 6.07) is 13.2. The fourth-order valence-corrected chi connectivity index (χ4v) is 2.50. The Morgan fingerprint density at radius 1 is 1.19 bits per heavy atom. The summed E-state index contributed by atoms with van der Waals surface area (Å²) in [6.45, 7) is 0. The Bertz CT molecular complexity index is 800. The van der Waals surface area contributed by atoms with Gasteiger partial charge in [-0.15, -0.1) is 0 Å². The van der Waals surface area contributed by atoms with Crippen molar-refractivity contribution in [2.75, 3.05) is 12.8 Å². The second-order valence-corrected chi connectivity index (χ2v) is 4.89. The summed E-state index contributed by atoms with van der Waals surface area (Å²) < 4.78 is 5.18. The van der Waals surface area contributed by atoms with E-state index >= 15 is 0 Å². The molecular formula is C17H16N2O2. The monoisotopic (exact) mass is 280 g/mol. The Kier molecular flexibility index (Phi) is 3.36. The lowest BCUT2D eigenvalue weighted by Gasteiger charge is -2.11. The number of phenols is 1. The Labute approximate surface area is 122 Å². The van der Waals surface area contributed by atoms with Gasteiger partial charge in [-0.05, 0) is 35.2 Å². The largest absolute Gasteiger partial charge is 0.504 e. The second kappa shape index (κ2) is 5.32. The van der Waals surface area contributed by atoms with Gasteiger partial charge in [-0.25, -0.2) is 0 Å². The highest BCUT2D eigenvalue weighted by Crippen LogP contribution is 2.36. The molecule has 2 aromatic carbocycles. The van der Waals surface area contributed by atoms with Crippen LogP contribution in [0.1, 0.15) is 11.3 Å². The van der Waals surface area contributed by atoms with E-state index in [-0.39, 0.29) is 5.75 Å². The van der Waals surface area contributed by atoms with E-state index in [1.165, 1.54) is 7.11 Å². The lowest BCUT2D eigenvalue weighted by atomic mass is 10.0. The molecule has 4 heteroatoms. The van der Waals surface area contributed by atoms with Gasteiger partial charge in [0.25, 0.3) is 0 Å². The molecule has 0 aliphatic rings. The molecule has 3 rings (SSSR count). The molecule has 0 atom stereocenters. The van der Waals surface area contributed by atoms with Crippen molar-refractivity contribution in [3.8, 4) is 11.5 Å². The van der Waals surface area contributed by atoms with E-state index in [0.717, 1.165) is 27.7 Å². The molecule has 21 heavy (non-hydrogen) atoms. The maximum Gasteiger partial charge on any atom is 0.167 e. The van der Waals surface area contributed by atoms with Crippen LogP contribution >= 0.6 is 0 Å². The molecule has 0 bridgehead atoms. The molecule has 0 unspecified atom stereocenters. The number of nitrogen functional groups attached to an aromatic ring is 1. The molecule has 0 radical (unpaired) electrons. The van der Waals surface area contributed by atoms with Gasteiger partial charge in [0.1, 0.15) is 0 Å². The maximum absolute atomic E-state index is 10.4. The van der Waals surface area contributed by atoms with Crippen molar-refractivity contribution >= 4 is 16.5 Å². The van der Waals surface area contributed by atoms with Crippen molar-refractivity contribution in [3.05, 3.63) is 59.9 Å². The van der Waals surface area contributed by atoms with Crippen LogP contribution in [0.25, 0.3) is 10.8 Å². The van der Waals surface area contributed by atoms with E-state index in [1.807, 2.05) is 36.4 Å². The number of benzene rings is 2. The number of hydrogen-bond acceptors (Lipinski definition) is 4. The van der Waals surface area contributed by atoms with Gasteiger partial charge in [0.05, 0.1) is 12.8 Å². The lowest BCUT2D eigenvalue weighted by Crippen LogP contribution is -1.96. The fourth-order valence-electron chi connectivity index (χ4n) is 2.50. The molecular weight excluding hydrogens is 264 g/mol. The zero-order chi connectivity index (χ0) is 14.8. The number of ether oxygens (including phenoxy) is 1. The summed E-state index contributed by atoms with van der Waals surface area (Å²) in [6.07, 6.45) is 2.35. The molecule has 1 aromatic heterocycles. The van der Waals surface area contributed by atoms with Crippen LogP contribution in [0, 0.1) is 0 Å². The van der Waals surface area contributed by atoms with Crippen molar-refractivity contribution < 1.29 is 9.84 Å². The molecule has 0 amide bonds. The maximum atomic E-state index is 10.4. The van der Waals surface area contributed by atoms with Crippen LogP contribution in [0.4, 0.5) is 5.69 Å². The summed E-state index contributed by atoms with van der Waals surface area (Å²) in [5.41, 5.74) is 8.38. The Morgan fingerprint density at radius 3 is 2.81 bits per heavy atom. The first-order chi connectivity index (χ1) is 10.2. The van der Waals surface area contributed by atoms with Gasteiger partial charge in [0.2, 0.25) is 0 Å². The molecule has 0 saturated carbocycles. The smallest absolute Gasteiger partial charge is 0.167 e. The molecule has 0 aliphatic heterocycles.